The van der Waals surface area contributed by atoms with Gasteiger partial charge in [-0.2, -0.15) is 5.10 Å². The second kappa shape index (κ2) is 7.50. The van der Waals surface area contributed by atoms with Crippen LogP contribution in [-0.2, 0) is 11.2 Å². The van der Waals surface area contributed by atoms with Crippen LogP contribution in [0.2, 0.25) is 0 Å². The Kier molecular flexibility index (Phi) is 4.65. The predicted molar refractivity (Wildman–Crippen MR) is 114 cm³/mol. The van der Waals surface area contributed by atoms with Gasteiger partial charge in [-0.25, -0.2) is 24.3 Å². The lowest BCUT2D eigenvalue weighted by Crippen LogP contribution is -2.38. The minimum Gasteiger partial charge on any atom is -0.462 e. The van der Waals surface area contributed by atoms with Crippen LogP contribution in [0, 0.1) is 13.8 Å². The summed E-state index contributed by atoms with van der Waals surface area (Å²) in [5, 5.41) is 4.84. The van der Waals surface area contributed by atoms with Gasteiger partial charge in [-0.15, -0.1) is 0 Å². The number of carbonyl (C=O) groups excluding carboxylic acids is 1. The van der Waals surface area contributed by atoms with E-state index in [1.807, 2.05) is 16.8 Å². The van der Waals surface area contributed by atoms with Crippen LogP contribution in [-0.4, -0.2) is 48.7 Å². The Morgan fingerprint density at radius 1 is 1.32 bits per heavy atom. The van der Waals surface area contributed by atoms with Gasteiger partial charge >= 0.3 is 5.97 Å². The topological polar surface area (TPSA) is 101 Å². The monoisotopic (exact) mass is 417 g/mol. The number of H-pyrrole nitrogens is 1. The molecule has 0 aliphatic carbocycles. The summed E-state index contributed by atoms with van der Waals surface area (Å²) in [5.41, 5.74) is 6.05. The number of carbonyl (C=O) groups is 1. The van der Waals surface area contributed by atoms with Crippen molar-refractivity contribution in [3.05, 3.63) is 70.8 Å². The number of ether oxygens (including phenoxy) is 1. The molecule has 4 aromatic rings. The molecule has 0 saturated heterocycles. The summed E-state index contributed by atoms with van der Waals surface area (Å²) in [7, 11) is 0. The maximum atomic E-state index is 12.2. The SMILES string of the molecule is CCOC(=O)c1cnc(N2CCc3[nH]cnc3C2c2cc3c(C)cccn3n2)nc1C. The first kappa shape index (κ1) is 19.2. The minimum atomic E-state index is -0.410. The zero-order valence-electron chi connectivity index (χ0n) is 17.7. The molecule has 0 radical (unpaired) electrons. The Balaban J connectivity index is 1.60. The highest BCUT2D eigenvalue weighted by Gasteiger charge is 2.35. The number of imidazole rings is 1. The molecule has 0 saturated carbocycles. The van der Waals surface area contributed by atoms with Crippen molar-refractivity contribution in [2.75, 3.05) is 18.1 Å². The Morgan fingerprint density at radius 3 is 2.97 bits per heavy atom. The van der Waals surface area contributed by atoms with E-state index in [2.05, 4.69) is 43.9 Å². The fourth-order valence-corrected chi connectivity index (χ4v) is 4.10. The van der Waals surface area contributed by atoms with Crippen molar-refractivity contribution in [3.63, 3.8) is 0 Å². The van der Waals surface area contributed by atoms with Crippen LogP contribution in [0.3, 0.4) is 0 Å². The molecule has 4 aromatic heterocycles. The average molecular weight is 417 g/mol. The van der Waals surface area contributed by atoms with Crippen LogP contribution >= 0.6 is 0 Å². The highest BCUT2D eigenvalue weighted by Crippen LogP contribution is 2.35. The summed E-state index contributed by atoms with van der Waals surface area (Å²) in [6.45, 7) is 6.65. The highest BCUT2D eigenvalue weighted by atomic mass is 16.5. The molecular formula is C22H23N7O2. The van der Waals surface area contributed by atoms with Gasteiger partial charge in [-0.05, 0) is 38.5 Å². The van der Waals surface area contributed by atoms with Gasteiger partial charge in [-0.1, -0.05) is 6.07 Å². The van der Waals surface area contributed by atoms with Crippen molar-refractivity contribution >= 4 is 17.4 Å². The number of nitrogens with zero attached hydrogens (tertiary/aromatic N) is 6. The molecule has 31 heavy (non-hydrogen) atoms. The number of fused-ring (bicyclic) bond motifs is 2. The van der Waals surface area contributed by atoms with Gasteiger partial charge in [0.05, 0.1) is 41.1 Å². The summed E-state index contributed by atoms with van der Waals surface area (Å²) in [4.78, 5) is 31.3. The maximum absolute atomic E-state index is 12.2. The molecule has 5 rings (SSSR count). The summed E-state index contributed by atoms with van der Waals surface area (Å²) in [6.07, 6.45) is 6.00. The number of aromatic amines is 1. The summed E-state index contributed by atoms with van der Waals surface area (Å²) in [6, 6.07) is 5.91. The zero-order valence-corrected chi connectivity index (χ0v) is 17.7. The Labute approximate surface area is 179 Å². The van der Waals surface area contributed by atoms with E-state index in [-0.39, 0.29) is 6.04 Å². The van der Waals surface area contributed by atoms with Crippen molar-refractivity contribution in [1.29, 1.82) is 0 Å². The first-order valence-corrected chi connectivity index (χ1v) is 10.3. The fraction of sp³-hybridized carbons (Fsp3) is 0.318. The lowest BCUT2D eigenvalue weighted by molar-refractivity contribution is 0.0524. The molecule has 1 atom stereocenters. The Morgan fingerprint density at radius 2 is 2.19 bits per heavy atom. The molecule has 0 aromatic carbocycles. The van der Waals surface area contributed by atoms with Gasteiger partial charge in [0.1, 0.15) is 6.04 Å². The molecule has 1 unspecified atom stereocenters. The van der Waals surface area contributed by atoms with Gasteiger partial charge < -0.3 is 14.6 Å². The van der Waals surface area contributed by atoms with Crippen molar-refractivity contribution in [3.8, 4) is 0 Å². The van der Waals surface area contributed by atoms with E-state index in [0.29, 0.717) is 30.4 Å². The van der Waals surface area contributed by atoms with Crippen LogP contribution < -0.4 is 4.90 Å². The summed E-state index contributed by atoms with van der Waals surface area (Å²) in [5.74, 6) is 0.130. The Hall–Kier alpha value is -3.75. The van der Waals surface area contributed by atoms with Crippen LogP contribution in [0.15, 0.2) is 36.9 Å². The van der Waals surface area contributed by atoms with Crippen LogP contribution in [0.5, 0.6) is 0 Å². The van der Waals surface area contributed by atoms with E-state index in [9.17, 15) is 4.79 Å². The zero-order chi connectivity index (χ0) is 21.5. The molecule has 0 bridgehead atoms. The molecular weight excluding hydrogens is 394 g/mol. The predicted octanol–water partition coefficient (Wildman–Crippen LogP) is 2.79. The highest BCUT2D eigenvalue weighted by molar-refractivity contribution is 5.90. The number of hydrogen-bond acceptors (Lipinski definition) is 7. The second-order valence-electron chi connectivity index (χ2n) is 7.59. The normalized spacial score (nSPS) is 15.8. The molecule has 0 fully saturated rings. The van der Waals surface area contributed by atoms with Gasteiger partial charge in [0.2, 0.25) is 5.95 Å². The summed E-state index contributed by atoms with van der Waals surface area (Å²) >= 11 is 0. The molecule has 9 heteroatoms. The maximum Gasteiger partial charge on any atom is 0.341 e. The van der Waals surface area contributed by atoms with E-state index >= 15 is 0 Å². The number of aromatic nitrogens is 6. The average Bonchev–Trinajstić information content (AvgIpc) is 3.40. The molecule has 1 aliphatic heterocycles. The van der Waals surface area contributed by atoms with Crippen LogP contribution in [0.4, 0.5) is 5.95 Å². The van der Waals surface area contributed by atoms with E-state index < -0.39 is 5.97 Å². The van der Waals surface area contributed by atoms with E-state index in [1.54, 1.807) is 26.4 Å². The molecule has 0 amide bonds. The third-order valence-electron chi connectivity index (χ3n) is 5.66. The Bertz CT molecular complexity index is 1280. The molecule has 5 heterocycles. The van der Waals surface area contributed by atoms with Gasteiger partial charge in [-0.3, -0.25) is 0 Å². The summed E-state index contributed by atoms with van der Waals surface area (Å²) < 4.78 is 6.99. The molecule has 1 aliphatic rings. The third kappa shape index (κ3) is 3.22. The molecule has 0 spiro atoms. The lowest BCUT2D eigenvalue weighted by atomic mass is 10.00. The number of anilines is 1. The van der Waals surface area contributed by atoms with Gasteiger partial charge in [0, 0.05) is 31.1 Å². The fourth-order valence-electron chi connectivity index (χ4n) is 4.10. The van der Waals surface area contributed by atoms with Crippen molar-refractivity contribution in [2.24, 2.45) is 0 Å². The number of rotatable bonds is 4. The molecule has 158 valence electrons. The first-order chi connectivity index (χ1) is 15.1. The largest absolute Gasteiger partial charge is 0.462 e. The number of nitrogens with one attached hydrogen (secondary N) is 1. The van der Waals surface area contributed by atoms with Gasteiger partial charge in [0.15, 0.2) is 0 Å². The van der Waals surface area contributed by atoms with Crippen molar-refractivity contribution < 1.29 is 9.53 Å². The van der Waals surface area contributed by atoms with Crippen LogP contribution in [0.1, 0.15) is 51.7 Å². The quantitative estimate of drug-likeness (QED) is 0.510. The number of aryl methyl sites for hydroxylation is 2. The van der Waals surface area contributed by atoms with Crippen molar-refractivity contribution in [2.45, 2.75) is 33.2 Å². The third-order valence-corrected chi connectivity index (χ3v) is 5.66. The molecule has 1 N–H and O–H groups in total. The number of esters is 1. The first-order valence-electron chi connectivity index (χ1n) is 10.3. The van der Waals surface area contributed by atoms with E-state index in [1.165, 1.54) is 0 Å². The van der Waals surface area contributed by atoms with E-state index in [0.717, 1.165) is 34.6 Å². The minimum absolute atomic E-state index is 0.234. The lowest BCUT2D eigenvalue weighted by Gasteiger charge is -2.34. The number of pyridine rings is 1. The standard InChI is InChI=1S/C22H23N7O2/c1-4-31-21(30)15-11-23-22(26-14(15)3)28-9-7-16-19(25-12-24-16)20(28)17-10-18-13(2)6-5-8-29(18)27-17/h5-6,8,10-12,20H,4,7,9H2,1-3H3,(H,24,25). The number of hydrogen-bond donors (Lipinski definition) is 1. The smallest absolute Gasteiger partial charge is 0.341 e. The van der Waals surface area contributed by atoms with Crippen molar-refractivity contribution in [1.82, 2.24) is 29.5 Å². The van der Waals surface area contributed by atoms with E-state index in [4.69, 9.17) is 9.84 Å². The van der Waals surface area contributed by atoms with Gasteiger partial charge in [0.25, 0.3) is 0 Å². The van der Waals surface area contributed by atoms with Crippen LogP contribution in [0.25, 0.3) is 5.52 Å². The second-order valence-corrected chi connectivity index (χ2v) is 7.59. The molecule has 9 nitrogen and oxygen atoms in total.